The van der Waals surface area contributed by atoms with Gasteiger partial charge in [0.2, 0.25) is 0 Å². The fourth-order valence-electron chi connectivity index (χ4n) is 4.88. The van der Waals surface area contributed by atoms with Crippen molar-refractivity contribution in [3.05, 3.63) is 155 Å². The molecule has 0 spiro atoms. The van der Waals surface area contributed by atoms with Crippen molar-refractivity contribution in [2.45, 2.75) is 26.7 Å². The molecule has 2 aromatic heterocycles. The zero-order valence-corrected chi connectivity index (χ0v) is 25.7. The Balaban J connectivity index is 1.10. The molecule has 0 aliphatic rings. The third kappa shape index (κ3) is 6.79. The molecule has 0 bridgehead atoms. The highest BCUT2D eigenvalue weighted by Crippen LogP contribution is 2.40. The van der Waals surface area contributed by atoms with Crippen molar-refractivity contribution in [1.82, 2.24) is 0 Å². The monoisotopic (exact) mass is 578 g/mol. The summed E-state index contributed by atoms with van der Waals surface area (Å²) in [4.78, 5) is 5.22. The fraction of sp³-hybridized carbons (Fsp3) is 0.100. The van der Waals surface area contributed by atoms with Crippen molar-refractivity contribution in [2.24, 2.45) is 0 Å². The molecule has 206 valence electrons. The molecular weight excluding hydrogens is 545 g/mol. The minimum Gasteiger partial charge on any atom is -0.134 e. The lowest BCUT2D eigenvalue weighted by atomic mass is 10.1. The van der Waals surface area contributed by atoms with Gasteiger partial charge in [-0.15, -0.1) is 22.7 Å². The molecule has 0 N–H and O–H groups in total. The first kappa shape index (κ1) is 27.9. The first-order valence-corrected chi connectivity index (χ1v) is 16.2. The molecule has 0 unspecified atom stereocenters. The van der Waals surface area contributed by atoms with Crippen molar-refractivity contribution >= 4 is 47.0 Å². The van der Waals surface area contributed by atoms with Gasteiger partial charge in [0.05, 0.1) is 0 Å². The summed E-state index contributed by atoms with van der Waals surface area (Å²) in [6, 6.07) is 44.3. The van der Waals surface area contributed by atoms with E-state index in [9.17, 15) is 0 Å². The maximum atomic E-state index is 2.25. The second-order valence-corrected chi connectivity index (χ2v) is 12.6. The molecule has 0 amide bonds. The lowest BCUT2D eigenvalue weighted by molar-refractivity contribution is 1.14. The Kier molecular flexibility index (Phi) is 8.75. The average molecular weight is 579 g/mol. The van der Waals surface area contributed by atoms with Gasteiger partial charge in [-0.05, 0) is 81.6 Å². The number of thiophene rings is 2. The molecule has 2 heterocycles. The molecule has 0 radical (unpaired) electrons. The van der Waals surface area contributed by atoms with E-state index >= 15 is 0 Å². The minimum absolute atomic E-state index is 1.07. The second kappa shape index (κ2) is 13.2. The predicted molar refractivity (Wildman–Crippen MR) is 188 cm³/mol. The van der Waals surface area contributed by atoms with Crippen molar-refractivity contribution in [1.29, 1.82) is 0 Å². The summed E-state index contributed by atoms with van der Waals surface area (Å²) in [5, 5.41) is 0. The van der Waals surface area contributed by atoms with Gasteiger partial charge in [-0.3, -0.25) is 0 Å². The fourth-order valence-corrected chi connectivity index (χ4v) is 7.00. The third-order valence-electron chi connectivity index (χ3n) is 7.56. The second-order valence-electron chi connectivity index (χ2n) is 10.4. The maximum absolute atomic E-state index is 2.25. The van der Waals surface area contributed by atoms with Crippen LogP contribution in [-0.4, -0.2) is 0 Å². The van der Waals surface area contributed by atoms with Gasteiger partial charge in [0.1, 0.15) is 0 Å². The highest BCUT2D eigenvalue weighted by molar-refractivity contribution is 7.25. The zero-order valence-electron chi connectivity index (χ0n) is 24.1. The lowest BCUT2D eigenvalue weighted by Gasteiger charge is -2.00. The highest BCUT2D eigenvalue weighted by Gasteiger charge is 2.09. The Bertz CT molecular complexity index is 1650. The normalized spacial score (nSPS) is 11.6. The summed E-state index contributed by atoms with van der Waals surface area (Å²) >= 11 is 3.72. The zero-order chi connectivity index (χ0) is 28.7. The Labute approximate surface area is 258 Å². The van der Waals surface area contributed by atoms with Crippen molar-refractivity contribution < 1.29 is 0 Å². The predicted octanol–water partition coefficient (Wildman–Crippen LogP) is 12.3. The van der Waals surface area contributed by atoms with Crippen LogP contribution in [0.25, 0.3) is 54.9 Å². The summed E-state index contributed by atoms with van der Waals surface area (Å²) in [6.07, 6.45) is 10.9. The standard InChI is InChI=1S/C40H34S2/c1-3-29-5-9-31(10-6-29)13-15-33-17-21-35(22-18-33)37-25-27-39(41-37)40-28-26-38(42-40)36-23-19-34(20-24-36)16-14-32-11-7-30(4-2)8-12-32/h5-28H,3-4H2,1-2H3/b15-13+,16-14+. The van der Waals surface area contributed by atoms with Gasteiger partial charge < -0.3 is 0 Å². The van der Waals surface area contributed by atoms with Gasteiger partial charge in [0.15, 0.2) is 0 Å². The van der Waals surface area contributed by atoms with E-state index in [2.05, 4.69) is 159 Å². The number of aryl methyl sites for hydroxylation is 2. The van der Waals surface area contributed by atoms with E-state index in [1.165, 1.54) is 64.0 Å². The number of hydrogen-bond donors (Lipinski definition) is 0. The van der Waals surface area contributed by atoms with Crippen LogP contribution in [-0.2, 0) is 12.8 Å². The van der Waals surface area contributed by atoms with Gasteiger partial charge >= 0.3 is 0 Å². The van der Waals surface area contributed by atoms with Crippen LogP contribution in [0.2, 0.25) is 0 Å². The number of benzene rings is 4. The van der Waals surface area contributed by atoms with Crippen molar-refractivity contribution in [3.63, 3.8) is 0 Å². The first-order valence-electron chi connectivity index (χ1n) is 14.6. The van der Waals surface area contributed by atoms with Crippen LogP contribution in [0.1, 0.15) is 47.2 Å². The molecule has 0 nitrogen and oxygen atoms in total. The molecular formula is C40H34S2. The summed E-state index contributed by atoms with van der Waals surface area (Å²) in [7, 11) is 0. The van der Waals surface area contributed by atoms with Crippen LogP contribution < -0.4 is 0 Å². The minimum atomic E-state index is 1.07. The molecule has 0 saturated carbocycles. The van der Waals surface area contributed by atoms with E-state index in [-0.39, 0.29) is 0 Å². The molecule has 0 aliphatic heterocycles. The lowest BCUT2D eigenvalue weighted by Crippen LogP contribution is -1.79. The van der Waals surface area contributed by atoms with Gasteiger partial charge in [-0.1, -0.05) is 135 Å². The Morgan fingerprint density at radius 2 is 0.643 bits per heavy atom. The maximum Gasteiger partial charge on any atom is 0.0449 e. The van der Waals surface area contributed by atoms with E-state index in [0.717, 1.165) is 12.8 Å². The molecule has 0 fully saturated rings. The number of hydrogen-bond acceptors (Lipinski definition) is 2. The third-order valence-corrected chi connectivity index (χ3v) is 10.0. The van der Waals surface area contributed by atoms with Crippen molar-refractivity contribution in [2.75, 3.05) is 0 Å². The van der Waals surface area contributed by atoms with E-state index in [1.807, 2.05) is 22.7 Å². The summed E-state index contributed by atoms with van der Waals surface area (Å²) in [5.74, 6) is 0. The summed E-state index contributed by atoms with van der Waals surface area (Å²) < 4.78 is 0. The van der Waals surface area contributed by atoms with Crippen LogP contribution >= 0.6 is 22.7 Å². The van der Waals surface area contributed by atoms with E-state index < -0.39 is 0 Å². The smallest absolute Gasteiger partial charge is 0.0449 e. The van der Waals surface area contributed by atoms with Gasteiger partial charge in [0.25, 0.3) is 0 Å². The van der Waals surface area contributed by atoms with Crippen LogP contribution in [0.5, 0.6) is 0 Å². The largest absolute Gasteiger partial charge is 0.134 e. The van der Waals surface area contributed by atoms with E-state index in [4.69, 9.17) is 0 Å². The molecule has 42 heavy (non-hydrogen) atoms. The SMILES string of the molecule is CCc1ccc(/C=C/c2ccc(-c3ccc(-c4ccc(-c5ccc(/C=C/c6ccc(CC)cc6)cc5)s4)s3)cc2)cc1. The molecule has 4 aromatic carbocycles. The Hall–Kier alpha value is -4.24. The Morgan fingerprint density at radius 1 is 0.357 bits per heavy atom. The van der Waals surface area contributed by atoms with Crippen LogP contribution in [0, 0.1) is 0 Å². The molecule has 6 aromatic rings. The summed E-state index contributed by atoms with van der Waals surface area (Å²) in [5.41, 5.74) is 10.2. The van der Waals surface area contributed by atoms with E-state index in [0.29, 0.717) is 0 Å². The number of rotatable bonds is 9. The highest BCUT2D eigenvalue weighted by atomic mass is 32.1. The summed E-state index contributed by atoms with van der Waals surface area (Å²) in [6.45, 7) is 4.38. The first-order chi connectivity index (χ1) is 20.7. The van der Waals surface area contributed by atoms with Crippen LogP contribution in [0.3, 0.4) is 0 Å². The molecule has 0 saturated heterocycles. The van der Waals surface area contributed by atoms with Crippen molar-refractivity contribution in [3.8, 4) is 30.6 Å². The topological polar surface area (TPSA) is 0 Å². The van der Waals surface area contributed by atoms with Gasteiger partial charge in [0, 0.05) is 19.5 Å². The van der Waals surface area contributed by atoms with E-state index in [1.54, 1.807) is 0 Å². The van der Waals surface area contributed by atoms with Crippen LogP contribution in [0.15, 0.2) is 121 Å². The van der Waals surface area contributed by atoms with Gasteiger partial charge in [-0.25, -0.2) is 0 Å². The molecule has 2 heteroatoms. The molecule has 0 atom stereocenters. The quantitative estimate of drug-likeness (QED) is 0.150. The van der Waals surface area contributed by atoms with Gasteiger partial charge in [-0.2, -0.15) is 0 Å². The average Bonchev–Trinajstić information content (AvgIpc) is 3.75. The Morgan fingerprint density at radius 3 is 0.952 bits per heavy atom. The molecule has 0 aliphatic carbocycles. The molecule has 6 rings (SSSR count). The van der Waals surface area contributed by atoms with Crippen LogP contribution in [0.4, 0.5) is 0 Å².